The molecule has 3 aromatic rings. The molecule has 1 N–H and O–H groups in total. The molecule has 3 rings (SSSR count). The van der Waals surface area contributed by atoms with Crippen LogP contribution >= 0.6 is 0 Å². The molecule has 0 aliphatic heterocycles. The maximum absolute atomic E-state index is 11.9. The summed E-state index contributed by atoms with van der Waals surface area (Å²) >= 11 is 0. The molecule has 0 aromatic carbocycles. The van der Waals surface area contributed by atoms with Crippen molar-refractivity contribution in [3.63, 3.8) is 0 Å². The molecule has 0 unspecified atom stereocenters. The third-order valence-electron chi connectivity index (χ3n) is 2.42. The van der Waals surface area contributed by atoms with Crippen molar-refractivity contribution in [2.24, 2.45) is 0 Å². The Morgan fingerprint density at radius 1 is 1.30 bits per heavy atom. The van der Waals surface area contributed by atoms with Crippen molar-refractivity contribution in [3.8, 4) is 5.82 Å². The summed E-state index contributed by atoms with van der Waals surface area (Å²) in [4.78, 5) is 15.7. The summed E-state index contributed by atoms with van der Waals surface area (Å²) < 4.78 is 5.91. The first-order chi connectivity index (χ1) is 9.74. The second-order valence-electron chi connectivity index (χ2n) is 3.77. The zero-order valence-electron chi connectivity index (χ0n) is 10.3. The SMILES string of the molecule is Cc1nonc1NC(=O)c1ccc(-n2cncn2)nn1. The highest BCUT2D eigenvalue weighted by atomic mass is 16.6. The van der Waals surface area contributed by atoms with Gasteiger partial charge in [0.2, 0.25) is 5.82 Å². The number of hydrogen-bond donors (Lipinski definition) is 1. The maximum Gasteiger partial charge on any atom is 0.277 e. The van der Waals surface area contributed by atoms with Crippen molar-refractivity contribution >= 4 is 11.7 Å². The van der Waals surface area contributed by atoms with Crippen LogP contribution in [0.5, 0.6) is 0 Å². The molecule has 3 aromatic heterocycles. The lowest BCUT2D eigenvalue weighted by atomic mass is 10.3. The summed E-state index contributed by atoms with van der Waals surface area (Å²) in [5.41, 5.74) is 0.613. The van der Waals surface area contributed by atoms with E-state index in [0.717, 1.165) is 0 Å². The van der Waals surface area contributed by atoms with Crippen LogP contribution in [0.2, 0.25) is 0 Å². The first-order valence-corrected chi connectivity index (χ1v) is 5.53. The van der Waals surface area contributed by atoms with E-state index in [9.17, 15) is 4.79 Å². The number of nitrogens with zero attached hydrogens (tertiary/aromatic N) is 7. The topological polar surface area (TPSA) is 125 Å². The molecule has 0 spiro atoms. The second kappa shape index (κ2) is 4.84. The van der Waals surface area contributed by atoms with Gasteiger partial charge in [0, 0.05) is 0 Å². The summed E-state index contributed by atoms with van der Waals surface area (Å²) in [6, 6.07) is 3.12. The first kappa shape index (κ1) is 11.9. The fourth-order valence-electron chi connectivity index (χ4n) is 1.41. The van der Waals surface area contributed by atoms with Crippen molar-refractivity contribution in [2.75, 3.05) is 5.32 Å². The van der Waals surface area contributed by atoms with Crippen LogP contribution in [-0.2, 0) is 0 Å². The number of carbonyl (C=O) groups excluding carboxylic acids is 1. The van der Waals surface area contributed by atoms with Gasteiger partial charge in [-0.15, -0.1) is 10.2 Å². The van der Waals surface area contributed by atoms with E-state index >= 15 is 0 Å². The van der Waals surface area contributed by atoms with E-state index in [4.69, 9.17) is 0 Å². The highest BCUT2D eigenvalue weighted by Crippen LogP contribution is 2.09. The maximum atomic E-state index is 11.9. The number of rotatable bonds is 3. The Morgan fingerprint density at radius 3 is 2.80 bits per heavy atom. The lowest BCUT2D eigenvalue weighted by molar-refractivity contribution is 0.102. The van der Waals surface area contributed by atoms with Crippen molar-refractivity contribution in [3.05, 3.63) is 36.2 Å². The Balaban J connectivity index is 1.78. The molecule has 20 heavy (non-hydrogen) atoms. The zero-order chi connectivity index (χ0) is 13.9. The highest BCUT2D eigenvalue weighted by molar-refractivity contribution is 6.02. The standard InChI is InChI=1S/C10H8N8O2/c1-6-9(17-20-16-6)13-10(19)7-2-3-8(15-14-7)18-5-11-4-12-18/h2-5H,1H3,(H,13,17,19). The largest absolute Gasteiger partial charge is 0.301 e. The Bertz CT molecular complexity index is 718. The monoisotopic (exact) mass is 272 g/mol. The molecule has 10 nitrogen and oxygen atoms in total. The van der Waals surface area contributed by atoms with Gasteiger partial charge in [-0.3, -0.25) is 4.79 Å². The van der Waals surface area contributed by atoms with Crippen molar-refractivity contribution in [1.82, 2.24) is 35.3 Å². The molecule has 0 aliphatic rings. The van der Waals surface area contributed by atoms with Crippen LogP contribution in [0.3, 0.4) is 0 Å². The smallest absolute Gasteiger partial charge is 0.277 e. The average molecular weight is 272 g/mol. The molecule has 10 heteroatoms. The van der Waals surface area contributed by atoms with Gasteiger partial charge in [0.15, 0.2) is 11.5 Å². The first-order valence-electron chi connectivity index (χ1n) is 5.53. The minimum absolute atomic E-state index is 0.135. The Hall–Kier alpha value is -3.17. The van der Waals surface area contributed by atoms with Crippen LogP contribution < -0.4 is 5.32 Å². The normalized spacial score (nSPS) is 10.4. The molecular formula is C10H8N8O2. The fourth-order valence-corrected chi connectivity index (χ4v) is 1.41. The third kappa shape index (κ3) is 2.21. The molecule has 1 amide bonds. The van der Waals surface area contributed by atoms with Crippen LogP contribution in [0, 0.1) is 6.92 Å². The van der Waals surface area contributed by atoms with E-state index in [-0.39, 0.29) is 11.5 Å². The van der Waals surface area contributed by atoms with E-state index < -0.39 is 5.91 Å². The van der Waals surface area contributed by atoms with Crippen LogP contribution in [0.4, 0.5) is 5.82 Å². The van der Waals surface area contributed by atoms with Gasteiger partial charge in [0.25, 0.3) is 5.91 Å². The number of carbonyl (C=O) groups is 1. The summed E-state index contributed by atoms with van der Waals surface area (Å²) in [6.45, 7) is 1.66. The van der Waals surface area contributed by atoms with E-state index in [1.165, 1.54) is 23.4 Å². The van der Waals surface area contributed by atoms with Crippen LogP contribution in [-0.4, -0.2) is 41.2 Å². The lowest BCUT2D eigenvalue weighted by Gasteiger charge is -2.01. The van der Waals surface area contributed by atoms with Crippen LogP contribution in [0.15, 0.2) is 29.4 Å². The van der Waals surface area contributed by atoms with Gasteiger partial charge in [0.1, 0.15) is 18.3 Å². The van der Waals surface area contributed by atoms with E-state index in [1.54, 1.807) is 13.0 Å². The molecule has 100 valence electrons. The molecular weight excluding hydrogens is 264 g/mol. The second-order valence-corrected chi connectivity index (χ2v) is 3.77. The Kier molecular flexibility index (Phi) is 2.88. The third-order valence-corrected chi connectivity index (χ3v) is 2.42. The van der Waals surface area contributed by atoms with E-state index in [1.807, 2.05) is 0 Å². The molecule has 0 bridgehead atoms. The lowest BCUT2D eigenvalue weighted by Crippen LogP contribution is -2.15. The number of aromatic nitrogens is 7. The minimum atomic E-state index is -0.457. The fraction of sp³-hybridized carbons (Fsp3) is 0.100. The average Bonchev–Trinajstić information content (AvgIpc) is 3.12. The summed E-state index contributed by atoms with van der Waals surface area (Å²) in [5, 5.41) is 21.2. The van der Waals surface area contributed by atoms with Crippen molar-refractivity contribution in [1.29, 1.82) is 0 Å². The molecule has 0 saturated carbocycles. The number of aryl methyl sites for hydroxylation is 1. The summed E-state index contributed by atoms with van der Waals surface area (Å²) in [5.74, 6) is 0.247. The number of anilines is 1. The van der Waals surface area contributed by atoms with Gasteiger partial charge in [-0.1, -0.05) is 5.16 Å². The minimum Gasteiger partial charge on any atom is -0.301 e. The quantitative estimate of drug-likeness (QED) is 0.706. The van der Waals surface area contributed by atoms with Gasteiger partial charge in [-0.2, -0.15) is 5.10 Å². The molecule has 0 fully saturated rings. The summed E-state index contributed by atoms with van der Waals surface area (Å²) in [6.07, 6.45) is 2.86. The number of hydrogen-bond acceptors (Lipinski definition) is 8. The van der Waals surface area contributed by atoms with E-state index in [2.05, 4.69) is 40.5 Å². The predicted molar refractivity (Wildman–Crippen MR) is 63.9 cm³/mol. The highest BCUT2D eigenvalue weighted by Gasteiger charge is 2.13. The Labute approximate surface area is 111 Å². The van der Waals surface area contributed by atoms with Crippen LogP contribution in [0.1, 0.15) is 16.2 Å². The van der Waals surface area contributed by atoms with Gasteiger partial charge in [0.05, 0.1) is 0 Å². The van der Waals surface area contributed by atoms with Gasteiger partial charge < -0.3 is 5.32 Å². The van der Waals surface area contributed by atoms with Crippen molar-refractivity contribution < 1.29 is 9.42 Å². The molecule has 0 saturated heterocycles. The van der Waals surface area contributed by atoms with Gasteiger partial charge >= 0.3 is 0 Å². The molecule has 0 radical (unpaired) electrons. The summed E-state index contributed by atoms with van der Waals surface area (Å²) in [7, 11) is 0. The number of nitrogens with one attached hydrogen (secondary N) is 1. The van der Waals surface area contributed by atoms with Gasteiger partial charge in [-0.05, 0) is 24.2 Å². The molecule has 0 aliphatic carbocycles. The Morgan fingerprint density at radius 2 is 2.20 bits per heavy atom. The zero-order valence-corrected chi connectivity index (χ0v) is 10.3. The van der Waals surface area contributed by atoms with Gasteiger partial charge in [-0.25, -0.2) is 14.3 Å². The molecule has 0 atom stereocenters. The van der Waals surface area contributed by atoms with E-state index in [0.29, 0.717) is 11.5 Å². The van der Waals surface area contributed by atoms with Crippen molar-refractivity contribution in [2.45, 2.75) is 6.92 Å². The molecule has 3 heterocycles. The number of amides is 1. The van der Waals surface area contributed by atoms with Crippen LogP contribution in [0.25, 0.3) is 5.82 Å². The predicted octanol–water partition coefficient (Wildman–Crippen LogP) is 0.00102.